The molecule has 1 aromatic rings. The average Bonchev–Trinajstić information content (AvgIpc) is 2.72. The summed E-state index contributed by atoms with van der Waals surface area (Å²) < 4.78 is 0. The molecule has 1 rings (SSSR count). The lowest BCUT2D eigenvalue weighted by Crippen LogP contribution is -2.35. The quantitative estimate of drug-likeness (QED) is 0.801. The second-order valence-electron chi connectivity index (χ2n) is 4.17. The van der Waals surface area contributed by atoms with E-state index < -0.39 is 0 Å². The molecule has 0 saturated carbocycles. The van der Waals surface area contributed by atoms with E-state index in [1.54, 1.807) is 11.3 Å². The first-order chi connectivity index (χ1) is 7.19. The third-order valence-corrected chi connectivity index (χ3v) is 3.77. The van der Waals surface area contributed by atoms with Crippen LogP contribution in [0.1, 0.15) is 52.3 Å². The highest BCUT2D eigenvalue weighted by atomic mass is 32.1. The molecule has 2 unspecified atom stereocenters. The van der Waals surface area contributed by atoms with Crippen molar-refractivity contribution in [2.45, 2.75) is 52.6 Å². The van der Waals surface area contributed by atoms with Gasteiger partial charge >= 0.3 is 0 Å². The van der Waals surface area contributed by atoms with Crippen LogP contribution in [0.25, 0.3) is 0 Å². The largest absolute Gasteiger partial charge is 0.306 e. The molecule has 0 fully saturated rings. The van der Waals surface area contributed by atoms with Crippen molar-refractivity contribution < 1.29 is 0 Å². The molecule has 0 saturated heterocycles. The molecule has 0 aromatic carbocycles. The fourth-order valence-electron chi connectivity index (χ4n) is 2.05. The van der Waals surface area contributed by atoms with Crippen LogP contribution in [0, 0.1) is 5.92 Å². The van der Waals surface area contributed by atoms with E-state index in [1.165, 1.54) is 12.8 Å². The van der Waals surface area contributed by atoms with Crippen LogP contribution in [0.5, 0.6) is 0 Å². The second-order valence-corrected chi connectivity index (χ2v) is 4.89. The van der Waals surface area contributed by atoms with Crippen LogP contribution >= 0.6 is 11.3 Å². The van der Waals surface area contributed by atoms with E-state index in [0.29, 0.717) is 12.1 Å². The van der Waals surface area contributed by atoms with Gasteiger partial charge in [-0.1, -0.05) is 26.7 Å². The van der Waals surface area contributed by atoms with Crippen molar-refractivity contribution in [3.05, 3.63) is 16.6 Å². The van der Waals surface area contributed by atoms with Gasteiger partial charge in [0.25, 0.3) is 0 Å². The molecule has 2 nitrogen and oxygen atoms in total. The topological polar surface area (TPSA) is 24.9 Å². The third-order valence-electron chi connectivity index (χ3n) is 3.16. The summed E-state index contributed by atoms with van der Waals surface area (Å²) in [5.41, 5.74) is 3.06. The Morgan fingerprint density at radius 3 is 2.47 bits per heavy atom. The molecule has 1 N–H and O–H groups in total. The maximum Gasteiger partial charge on any atom is 0.0795 e. The lowest BCUT2D eigenvalue weighted by molar-refractivity contribution is 0.328. The molecule has 1 aromatic heterocycles. The molecule has 0 radical (unpaired) electrons. The molecule has 15 heavy (non-hydrogen) atoms. The highest BCUT2D eigenvalue weighted by Gasteiger charge is 2.16. The SMILES string of the molecule is CCC(CC)C(C)NC(C)c1cscn1. The van der Waals surface area contributed by atoms with Crippen LogP contribution < -0.4 is 5.32 Å². The fourth-order valence-corrected chi connectivity index (χ4v) is 2.70. The molecule has 3 heteroatoms. The Kier molecular flexibility index (Phi) is 5.26. The Hall–Kier alpha value is -0.410. The van der Waals surface area contributed by atoms with E-state index in [-0.39, 0.29) is 0 Å². The van der Waals surface area contributed by atoms with Gasteiger partial charge in [0.1, 0.15) is 0 Å². The Morgan fingerprint density at radius 1 is 1.33 bits per heavy atom. The van der Waals surface area contributed by atoms with Gasteiger partial charge in [-0.05, 0) is 19.8 Å². The van der Waals surface area contributed by atoms with E-state index in [4.69, 9.17) is 0 Å². The fraction of sp³-hybridized carbons (Fsp3) is 0.750. The first kappa shape index (κ1) is 12.7. The van der Waals surface area contributed by atoms with Gasteiger partial charge in [-0.15, -0.1) is 11.3 Å². The molecular formula is C12H22N2S. The minimum absolute atomic E-state index is 0.367. The zero-order valence-electron chi connectivity index (χ0n) is 10.2. The van der Waals surface area contributed by atoms with Crippen molar-refractivity contribution in [2.24, 2.45) is 5.92 Å². The second kappa shape index (κ2) is 6.23. The maximum atomic E-state index is 4.34. The summed E-state index contributed by atoms with van der Waals surface area (Å²) in [4.78, 5) is 4.34. The van der Waals surface area contributed by atoms with Gasteiger partial charge in [-0.25, -0.2) is 4.98 Å². The summed E-state index contributed by atoms with van der Waals surface area (Å²) in [5, 5.41) is 5.75. The van der Waals surface area contributed by atoms with Crippen molar-refractivity contribution in [3.63, 3.8) is 0 Å². The first-order valence-electron chi connectivity index (χ1n) is 5.83. The van der Waals surface area contributed by atoms with E-state index in [2.05, 4.69) is 43.4 Å². The lowest BCUT2D eigenvalue weighted by atomic mass is 9.95. The maximum absolute atomic E-state index is 4.34. The van der Waals surface area contributed by atoms with E-state index in [0.717, 1.165) is 11.6 Å². The van der Waals surface area contributed by atoms with Gasteiger partial charge < -0.3 is 5.32 Å². The minimum Gasteiger partial charge on any atom is -0.306 e. The average molecular weight is 226 g/mol. The number of nitrogens with zero attached hydrogens (tertiary/aromatic N) is 1. The third kappa shape index (κ3) is 3.58. The number of hydrogen-bond donors (Lipinski definition) is 1. The van der Waals surface area contributed by atoms with Crippen molar-refractivity contribution >= 4 is 11.3 Å². The molecule has 86 valence electrons. The Labute approximate surface area is 97.1 Å². The van der Waals surface area contributed by atoms with Crippen molar-refractivity contribution in [2.75, 3.05) is 0 Å². The molecule has 0 aliphatic heterocycles. The Bertz CT molecular complexity index is 255. The molecule has 0 aliphatic carbocycles. The molecule has 0 bridgehead atoms. The van der Waals surface area contributed by atoms with Gasteiger partial charge in [0.15, 0.2) is 0 Å². The molecule has 0 amide bonds. The number of nitrogens with one attached hydrogen (secondary N) is 1. The van der Waals surface area contributed by atoms with Crippen molar-refractivity contribution in [3.8, 4) is 0 Å². The predicted octanol–water partition coefficient (Wildman–Crippen LogP) is 3.62. The van der Waals surface area contributed by atoms with Crippen molar-refractivity contribution in [1.29, 1.82) is 0 Å². The highest BCUT2D eigenvalue weighted by molar-refractivity contribution is 7.07. The van der Waals surface area contributed by atoms with Crippen LogP contribution in [0.2, 0.25) is 0 Å². The zero-order chi connectivity index (χ0) is 11.3. The monoisotopic (exact) mass is 226 g/mol. The number of rotatable bonds is 6. The molecule has 1 heterocycles. The van der Waals surface area contributed by atoms with Gasteiger partial charge in [0.2, 0.25) is 0 Å². The number of hydrogen-bond acceptors (Lipinski definition) is 3. The summed E-state index contributed by atoms with van der Waals surface area (Å²) in [7, 11) is 0. The standard InChI is InChI=1S/C12H22N2S/c1-5-11(6-2)9(3)14-10(4)12-7-15-8-13-12/h7-11,14H,5-6H2,1-4H3. The van der Waals surface area contributed by atoms with E-state index >= 15 is 0 Å². The van der Waals surface area contributed by atoms with Crippen LogP contribution in [0.15, 0.2) is 10.9 Å². The highest BCUT2D eigenvalue weighted by Crippen LogP contribution is 2.18. The molecule has 0 spiro atoms. The summed E-state index contributed by atoms with van der Waals surface area (Å²) in [6.45, 7) is 8.99. The van der Waals surface area contributed by atoms with Crippen LogP contribution in [0.4, 0.5) is 0 Å². The number of aromatic nitrogens is 1. The van der Waals surface area contributed by atoms with Crippen LogP contribution in [-0.4, -0.2) is 11.0 Å². The molecule has 2 atom stereocenters. The van der Waals surface area contributed by atoms with Gasteiger partial charge in [0.05, 0.1) is 11.2 Å². The summed E-state index contributed by atoms with van der Waals surface area (Å²) in [5.74, 6) is 0.770. The predicted molar refractivity (Wildman–Crippen MR) is 67.2 cm³/mol. The van der Waals surface area contributed by atoms with E-state index in [1.807, 2.05) is 5.51 Å². The Morgan fingerprint density at radius 2 is 2.00 bits per heavy atom. The smallest absolute Gasteiger partial charge is 0.0795 e. The normalized spacial score (nSPS) is 15.5. The van der Waals surface area contributed by atoms with E-state index in [9.17, 15) is 0 Å². The van der Waals surface area contributed by atoms with Crippen LogP contribution in [0.3, 0.4) is 0 Å². The van der Waals surface area contributed by atoms with Gasteiger partial charge in [0, 0.05) is 17.5 Å². The minimum atomic E-state index is 0.367. The van der Waals surface area contributed by atoms with Crippen molar-refractivity contribution in [1.82, 2.24) is 10.3 Å². The van der Waals surface area contributed by atoms with Gasteiger partial charge in [-0.3, -0.25) is 0 Å². The first-order valence-corrected chi connectivity index (χ1v) is 6.77. The Balaban J connectivity index is 2.47. The molecule has 0 aliphatic rings. The lowest BCUT2D eigenvalue weighted by Gasteiger charge is -2.25. The van der Waals surface area contributed by atoms with Gasteiger partial charge in [-0.2, -0.15) is 0 Å². The number of thiazole rings is 1. The summed E-state index contributed by atoms with van der Waals surface area (Å²) in [6.07, 6.45) is 2.49. The molecular weight excluding hydrogens is 204 g/mol. The summed E-state index contributed by atoms with van der Waals surface area (Å²) in [6, 6.07) is 0.934. The zero-order valence-corrected chi connectivity index (χ0v) is 11.0. The van der Waals surface area contributed by atoms with Crippen LogP contribution in [-0.2, 0) is 0 Å². The summed E-state index contributed by atoms with van der Waals surface area (Å²) >= 11 is 1.66.